The van der Waals surface area contributed by atoms with E-state index in [9.17, 15) is 14.0 Å². The molecule has 0 spiro atoms. The van der Waals surface area contributed by atoms with E-state index in [1.165, 1.54) is 39.1 Å². The molecule has 0 fully saturated rings. The number of carboxylic acid groups (broad SMARTS) is 1. The molecule has 1 aromatic carbocycles. The van der Waals surface area contributed by atoms with Crippen LogP contribution in [0, 0.1) is 5.82 Å². The van der Waals surface area contributed by atoms with Gasteiger partial charge in [-0.15, -0.1) is 0 Å². The quantitative estimate of drug-likeness (QED) is 0.838. The van der Waals surface area contributed by atoms with Gasteiger partial charge in [0, 0.05) is 18.2 Å². The van der Waals surface area contributed by atoms with Gasteiger partial charge in [-0.3, -0.25) is 4.79 Å². The van der Waals surface area contributed by atoms with Gasteiger partial charge in [-0.1, -0.05) is 12.1 Å². The Morgan fingerprint density at radius 2 is 1.72 bits per heavy atom. The van der Waals surface area contributed by atoms with E-state index in [2.05, 4.69) is 0 Å². The van der Waals surface area contributed by atoms with E-state index in [0.717, 1.165) is 4.90 Å². The second-order valence-electron chi connectivity index (χ2n) is 3.87. The molecule has 0 bridgehead atoms. The van der Waals surface area contributed by atoms with E-state index >= 15 is 0 Å². The number of carbonyl (C=O) groups excluding carboxylic acids is 1. The minimum Gasteiger partial charge on any atom is -0.478 e. The lowest BCUT2D eigenvalue weighted by Crippen LogP contribution is -2.29. The Bertz CT molecular complexity index is 523. The molecule has 0 saturated carbocycles. The molecule has 0 heterocycles. The van der Waals surface area contributed by atoms with Crippen LogP contribution >= 0.6 is 0 Å². The van der Waals surface area contributed by atoms with Crippen LogP contribution in [0.25, 0.3) is 0 Å². The molecule has 0 radical (unpaired) electrons. The maximum Gasteiger partial charge on any atom is 0.331 e. The van der Waals surface area contributed by atoms with Gasteiger partial charge in [0.05, 0.1) is 5.69 Å². The summed E-state index contributed by atoms with van der Waals surface area (Å²) >= 11 is 0. The first-order valence-electron chi connectivity index (χ1n) is 5.29. The van der Waals surface area contributed by atoms with Crippen molar-refractivity contribution in [1.29, 1.82) is 0 Å². The average molecular weight is 251 g/mol. The maximum absolute atomic E-state index is 13.5. The van der Waals surface area contributed by atoms with E-state index in [0.29, 0.717) is 0 Å². The minimum absolute atomic E-state index is 0.0526. The molecule has 0 aliphatic rings. The van der Waals surface area contributed by atoms with Gasteiger partial charge in [-0.25, -0.2) is 9.18 Å². The number of rotatable bonds is 3. The number of carboxylic acids is 1. The lowest BCUT2D eigenvalue weighted by molar-refractivity contribution is -0.133. The fourth-order valence-electron chi connectivity index (χ4n) is 1.41. The molecule has 1 aromatic rings. The highest BCUT2D eigenvalue weighted by Gasteiger charge is 2.19. The van der Waals surface area contributed by atoms with E-state index in [4.69, 9.17) is 5.11 Å². The van der Waals surface area contributed by atoms with Crippen molar-refractivity contribution in [2.45, 2.75) is 13.8 Å². The van der Waals surface area contributed by atoms with Crippen molar-refractivity contribution in [2.75, 3.05) is 11.9 Å². The Labute approximate surface area is 104 Å². The summed E-state index contributed by atoms with van der Waals surface area (Å²) in [5.41, 5.74) is 0.136. The average Bonchev–Trinajstić information content (AvgIpc) is 2.35. The van der Waals surface area contributed by atoms with Gasteiger partial charge in [-0.05, 0) is 26.0 Å². The van der Waals surface area contributed by atoms with Crippen molar-refractivity contribution in [3.8, 4) is 0 Å². The van der Waals surface area contributed by atoms with Crippen LogP contribution in [-0.4, -0.2) is 24.0 Å². The molecule has 0 saturated heterocycles. The van der Waals surface area contributed by atoms with Crippen molar-refractivity contribution in [3.63, 3.8) is 0 Å². The molecule has 0 atom stereocenters. The van der Waals surface area contributed by atoms with Gasteiger partial charge in [-0.2, -0.15) is 0 Å². The molecule has 0 aromatic heterocycles. The lowest BCUT2D eigenvalue weighted by Gasteiger charge is -2.18. The van der Waals surface area contributed by atoms with Gasteiger partial charge in [0.1, 0.15) is 5.82 Å². The molecule has 0 aliphatic carbocycles. The SMILES string of the molecule is CC(C(=O)O)=C(C)C(=O)N(C)c1ccccc1F. The van der Waals surface area contributed by atoms with Crippen molar-refractivity contribution in [2.24, 2.45) is 0 Å². The molecule has 18 heavy (non-hydrogen) atoms. The third kappa shape index (κ3) is 2.74. The van der Waals surface area contributed by atoms with Crippen molar-refractivity contribution in [3.05, 3.63) is 41.2 Å². The summed E-state index contributed by atoms with van der Waals surface area (Å²) in [6, 6.07) is 5.81. The fraction of sp³-hybridized carbons (Fsp3) is 0.231. The number of carbonyl (C=O) groups is 2. The number of nitrogens with zero attached hydrogens (tertiary/aromatic N) is 1. The first kappa shape index (κ1) is 13.9. The molecular weight excluding hydrogens is 237 g/mol. The standard InChI is InChI=1S/C13H14FNO3/c1-8(9(2)13(17)18)12(16)15(3)11-7-5-4-6-10(11)14/h4-7H,1-3H3,(H,17,18). The molecule has 5 heteroatoms. The molecule has 4 nitrogen and oxygen atoms in total. The highest BCUT2D eigenvalue weighted by Crippen LogP contribution is 2.19. The molecule has 1 rings (SSSR count). The van der Waals surface area contributed by atoms with Crippen LogP contribution in [0.1, 0.15) is 13.8 Å². The monoisotopic (exact) mass is 251 g/mol. The number of aliphatic carboxylic acids is 1. The molecular formula is C13H14FNO3. The van der Waals surface area contributed by atoms with Gasteiger partial charge in [0.2, 0.25) is 0 Å². The van der Waals surface area contributed by atoms with Crippen LogP contribution < -0.4 is 4.90 Å². The van der Waals surface area contributed by atoms with Crippen LogP contribution in [0.4, 0.5) is 10.1 Å². The number of amides is 1. The number of halogens is 1. The van der Waals surface area contributed by atoms with Gasteiger partial charge in [0.25, 0.3) is 5.91 Å². The van der Waals surface area contributed by atoms with E-state index in [1.54, 1.807) is 6.07 Å². The first-order valence-corrected chi connectivity index (χ1v) is 5.29. The van der Waals surface area contributed by atoms with Gasteiger partial charge in [0.15, 0.2) is 0 Å². The third-order valence-corrected chi connectivity index (χ3v) is 2.72. The fourth-order valence-corrected chi connectivity index (χ4v) is 1.41. The Balaban J connectivity index is 3.10. The molecule has 96 valence electrons. The summed E-state index contributed by atoms with van der Waals surface area (Å²) in [7, 11) is 1.40. The summed E-state index contributed by atoms with van der Waals surface area (Å²) in [5, 5.41) is 8.81. The third-order valence-electron chi connectivity index (χ3n) is 2.72. The zero-order valence-electron chi connectivity index (χ0n) is 10.4. The van der Waals surface area contributed by atoms with E-state index in [1.807, 2.05) is 0 Å². The predicted octanol–water partition coefficient (Wildman–Crippen LogP) is 2.21. The Morgan fingerprint density at radius 1 is 1.17 bits per heavy atom. The van der Waals surface area contributed by atoms with Gasteiger partial charge < -0.3 is 10.0 Å². The molecule has 1 N–H and O–H groups in total. The second-order valence-corrected chi connectivity index (χ2v) is 3.87. The normalized spacial score (nSPS) is 11.8. The second kappa shape index (κ2) is 5.44. The number of likely N-dealkylation sites (N-methyl/N-ethyl adjacent to an activating group) is 1. The smallest absolute Gasteiger partial charge is 0.331 e. The summed E-state index contributed by atoms with van der Waals surface area (Å²) in [4.78, 5) is 23.8. The number of hydrogen-bond donors (Lipinski definition) is 1. The zero-order chi connectivity index (χ0) is 13.9. The largest absolute Gasteiger partial charge is 0.478 e. The Hall–Kier alpha value is -2.17. The predicted molar refractivity (Wildman–Crippen MR) is 65.8 cm³/mol. The number of benzene rings is 1. The highest BCUT2D eigenvalue weighted by atomic mass is 19.1. The summed E-state index contributed by atoms with van der Waals surface area (Å²) in [5.74, 6) is -2.24. The summed E-state index contributed by atoms with van der Waals surface area (Å²) in [6.45, 7) is 2.74. The number of hydrogen-bond acceptors (Lipinski definition) is 2. The van der Waals surface area contributed by atoms with E-state index in [-0.39, 0.29) is 16.8 Å². The summed E-state index contributed by atoms with van der Waals surface area (Å²) in [6.07, 6.45) is 0. The number of para-hydroxylation sites is 1. The van der Waals surface area contributed by atoms with Crippen LogP contribution in [0.5, 0.6) is 0 Å². The van der Waals surface area contributed by atoms with Crippen molar-refractivity contribution >= 4 is 17.6 Å². The zero-order valence-corrected chi connectivity index (χ0v) is 10.4. The maximum atomic E-state index is 13.5. The van der Waals surface area contributed by atoms with Gasteiger partial charge >= 0.3 is 5.97 Å². The van der Waals surface area contributed by atoms with E-state index < -0.39 is 17.7 Å². The molecule has 0 aliphatic heterocycles. The molecule has 0 unspecified atom stereocenters. The highest BCUT2D eigenvalue weighted by molar-refractivity contribution is 6.09. The Kier molecular flexibility index (Phi) is 4.20. The van der Waals surface area contributed by atoms with Crippen LogP contribution in [0.2, 0.25) is 0 Å². The number of anilines is 1. The first-order chi connectivity index (χ1) is 8.36. The topological polar surface area (TPSA) is 57.6 Å². The van der Waals surface area contributed by atoms with Crippen molar-refractivity contribution < 1.29 is 19.1 Å². The van der Waals surface area contributed by atoms with Crippen LogP contribution in [-0.2, 0) is 9.59 Å². The van der Waals surface area contributed by atoms with Crippen LogP contribution in [0.15, 0.2) is 35.4 Å². The Morgan fingerprint density at radius 3 is 2.22 bits per heavy atom. The van der Waals surface area contributed by atoms with Crippen LogP contribution in [0.3, 0.4) is 0 Å². The molecule has 1 amide bonds. The lowest BCUT2D eigenvalue weighted by atomic mass is 10.1. The summed E-state index contributed by atoms with van der Waals surface area (Å²) < 4.78 is 13.5. The minimum atomic E-state index is -1.16. The van der Waals surface area contributed by atoms with Crippen molar-refractivity contribution in [1.82, 2.24) is 0 Å².